The van der Waals surface area contributed by atoms with E-state index in [4.69, 9.17) is 15.9 Å². The molecule has 0 spiro atoms. The van der Waals surface area contributed by atoms with Crippen LogP contribution in [0, 0.1) is 0 Å². The molecule has 0 saturated carbocycles. The van der Waals surface area contributed by atoms with Gasteiger partial charge in [0.2, 0.25) is 0 Å². The van der Waals surface area contributed by atoms with Crippen LogP contribution in [0.1, 0.15) is 6.42 Å². The SMILES string of the molecule is NCCCN(C=CO)CCO. The van der Waals surface area contributed by atoms with E-state index < -0.39 is 0 Å². The summed E-state index contributed by atoms with van der Waals surface area (Å²) in [5.41, 5.74) is 5.29. The zero-order valence-electron chi connectivity index (χ0n) is 6.61. The third-order valence-corrected chi connectivity index (χ3v) is 1.31. The summed E-state index contributed by atoms with van der Waals surface area (Å²) in [5.74, 6) is 0. The number of aliphatic hydroxyl groups is 2. The summed E-state index contributed by atoms with van der Waals surface area (Å²) in [6.45, 7) is 2.03. The first-order valence-electron chi connectivity index (χ1n) is 3.71. The smallest absolute Gasteiger partial charge is 0.0950 e. The van der Waals surface area contributed by atoms with Gasteiger partial charge < -0.3 is 20.8 Å². The lowest BCUT2D eigenvalue weighted by molar-refractivity contribution is 0.233. The monoisotopic (exact) mass is 160 g/mol. The molecule has 0 radical (unpaired) electrons. The van der Waals surface area contributed by atoms with Gasteiger partial charge in [-0.1, -0.05) is 0 Å². The van der Waals surface area contributed by atoms with Crippen molar-refractivity contribution >= 4 is 0 Å². The van der Waals surface area contributed by atoms with Gasteiger partial charge in [0.25, 0.3) is 0 Å². The maximum absolute atomic E-state index is 8.57. The van der Waals surface area contributed by atoms with E-state index in [-0.39, 0.29) is 6.61 Å². The summed E-state index contributed by atoms with van der Waals surface area (Å²) in [7, 11) is 0. The normalized spacial score (nSPS) is 10.7. The fraction of sp³-hybridized carbons (Fsp3) is 0.714. The Morgan fingerprint density at radius 1 is 1.36 bits per heavy atom. The molecule has 0 aromatic carbocycles. The quantitative estimate of drug-likeness (QED) is 0.465. The van der Waals surface area contributed by atoms with Crippen LogP contribution in [0.3, 0.4) is 0 Å². The lowest BCUT2D eigenvalue weighted by Crippen LogP contribution is -2.24. The molecule has 0 amide bonds. The summed E-state index contributed by atoms with van der Waals surface area (Å²) in [4.78, 5) is 1.81. The van der Waals surface area contributed by atoms with Gasteiger partial charge in [0.15, 0.2) is 0 Å². The molecular weight excluding hydrogens is 144 g/mol. The fourth-order valence-corrected chi connectivity index (χ4v) is 0.778. The van der Waals surface area contributed by atoms with E-state index in [2.05, 4.69) is 0 Å². The maximum atomic E-state index is 8.57. The van der Waals surface area contributed by atoms with Crippen LogP contribution in [-0.4, -0.2) is 41.4 Å². The first kappa shape index (κ1) is 10.3. The molecule has 0 aliphatic carbocycles. The van der Waals surface area contributed by atoms with E-state index >= 15 is 0 Å². The topological polar surface area (TPSA) is 69.7 Å². The second-order valence-corrected chi connectivity index (χ2v) is 2.20. The number of hydrogen-bond acceptors (Lipinski definition) is 4. The van der Waals surface area contributed by atoms with Gasteiger partial charge in [-0.3, -0.25) is 0 Å². The Bertz CT molecular complexity index is 107. The molecule has 0 fully saturated rings. The Kier molecular flexibility index (Phi) is 6.87. The zero-order chi connectivity index (χ0) is 8.53. The van der Waals surface area contributed by atoms with Crippen molar-refractivity contribution in [2.75, 3.05) is 26.2 Å². The van der Waals surface area contributed by atoms with Gasteiger partial charge in [0, 0.05) is 19.3 Å². The van der Waals surface area contributed by atoms with Crippen molar-refractivity contribution in [3.63, 3.8) is 0 Å². The Morgan fingerprint density at radius 3 is 2.55 bits per heavy atom. The first-order valence-corrected chi connectivity index (χ1v) is 3.71. The van der Waals surface area contributed by atoms with Crippen molar-refractivity contribution in [3.05, 3.63) is 12.5 Å². The van der Waals surface area contributed by atoms with Crippen molar-refractivity contribution in [2.24, 2.45) is 5.73 Å². The Morgan fingerprint density at radius 2 is 2.09 bits per heavy atom. The highest BCUT2D eigenvalue weighted by Crippen LogP contribution is 1.90. The molecule has 0 atom stereocenters. The molecule has 11 heavy (non-hydrogen) atoms. The summed E-state index contributed by atoms with van der Waals surface area (Å²) in [5, 5.41) is 17.0. The van der Waals surface area contributed by atoms with Crippen LogP contribution in [0.4, 0.5) is 0 Å². The number of aliphatic hydroxyl groups excluding tert-OH is 2. The average Bonchev–Trinajstić information content (AvgIpc) is 2.01. The van der Waals surface area contributed by atoms with Crippen LogP contribution in [0.25, 0.3) is 0 Å². The van der Waals surface area contributed by atoms with Crippen LogP contribution in [-0.2, 0) is 0 Å². The summed E-state index contributed by atoms with van der Waals surface area (Å²) in [6, 6.07) is 0. The molecule has 4 N–H and O–H groups in total. The zero-order valence-corrected chi connectivity index (χ0v) is 6.61. The maximum Gasteiger partial charge on any atom is 0.0950 e. The predicted octanol–water partition coefficient (Wildman–Crippen LogP) is -0.341. The third-order valence-electron chi connectivity index (χ3n) is 1.31. The van der Waals surface area contributed by atoms with Crippen LogP contribution < -0.4 is 5.73 Å². The minimum absolute atomic E-state index is 0.0922. The van der Waals surface area contributed by atoms with Gasteiger partial charge in [-0.15, -0.1) is 0 Å². The van der Waals surface area contributed by atoms with E-state index in [9.17, 15) is 0 Å². The molecule has 0 aromatic rings. The standard InChI is InChI=1S/C7H16N2O2/c8-2-1-3-9(4-6-10)5-7-11/h4,6,10-11H,1-3,5,7-8H2. The van der Waals surface area contributed by atoms with Gasteiger partial charge in [-0.05, 0) is 13.0 Å². The van der Waals surface area contributed by atoms with Gasteiger partial charge in [0.05, 0.1) is 12.9 Å². The van der Waals surface area contributed by atoms with Gasteiger partial charge in [-0.25, -0.2) is 0 Å². The van der Waals surface area contributed by atoms with Crippen molar-refractivity contribution in [1.29, 1.82) is 0 Å². The van der Waals surface area contributed by atoms with Gasteiger partial charge >= 0.3 is 0 Å². The second kappa shape index (κ2) is 7.37. The highest BCUT2D eigenvalue weighted by molar-refractivity contribution is 4.74. The van der Waals surface area contributed by atoms with Crippen molar-refractivity contribution in [2.45, 2.75) is 6.42 Å². The molecule has 0 aliphatic heterocycles. The molecule has 0 saturated heterocycles. The van der Waals surface area contributed by atoms with Crippen LogP contribution in [0.2, 0.25) is 0 Å². The summed E-state index contributed by atoms with van der Waals surface area (Å²) >= 11 is 0. The molecule has 0 aliphatic rings. The predicted molar refractivity (Wildman–Crippen MR) is 44.1 cm³/mol. The molecule has 0 unspecified atom stereocenters. The second-order valence-electron chi connectivity index (χ2n) is 2.20. The lowest BCUT2D eigenvalue weighted by Gasteiger charge is -2.17. The minimum atomic E-state index is 0.0922. The van der Waals surface area contributed by atoms with Gasteiger partial charge in [0.1, 0.15) is 0 Å². The molecular formula is C7H16N2O2. The lowest BCUT2D eigenvalue weighted by atomic mass is 10.4. The van der Waals surface area contributed by atoms with E-state index in [1.165, 1.54) is 6.20 Å². The summed E-state index contributed by atoms with van der Waals surface area (Å²) in [6.07, 6.45) is 3.36. The largest absolute Gasteiger partial charge is 0.514 e. The van der Waals surface area contributed by atoms with E-state index in [1.807, 2.05) is 4.90 Å². The minimum Gasteiger partial charge on any atom is -0.514 e. The van der Waals surface area contributed by atoms with E-state index in [0.29, 0.717) is 13.1 Å². The molecule has 4 nitrogen and oxygen atoms in total. The van der Waals surface area contributed by atoms with E-state index in [0.717, 1.165) is 19.2 Å². The number of hydrogen-bond donors (Lipinski definition) is 3. The summed E-state index contributed by atoms with van der Waals surface area (Å²) < 4.78 is 0. The van der Waals surface area contributed by atoms with Crippen LogP contribution in [0.5, 0.6) is 0 Å². The highest BCUT2D eigenvalue weighted by atomic mass is 16.3. The number of rotatable bonds is 6. The van der Waals surface area contributed by atoms with Crippen molar-refractivity contribution < 1.29 is 10.2 Å². The third kappa shape index (κ3) is 5.69. The van der Waals surface area contributed by atoms with Crippen LogP contribution in [0.15, 0.2) is 12.5 Å². The van der Waals surface area contributed by atoms with E-state index in [1.54, 1.807) is 0 Å². The molecule has 0 bridgehead atoms. The molecule has 0 rings (SSSR count). The highest BCUT2D eigenvalue weighted by Gasteiger charge is 1.95. The average molecular weight is 160 g/mol. The van der Waals surface area contributed by atoms with Crippen molar-refractivity contribution in [1.82, 2.24) is 4.90 Å². The van der Waals surface area contributed by atoms with Crippen LogP contribution >= 0.6 is 0 Å². The number of nitrogens with zero attached hydrogens (tertiary/aromatic N) is 1. The fourth-order valence-electron chi connectivity index (χ4n) is 0.778. The molecule has 0 aromatic heterocycles. The molecule has 0 heterocycles. The Labute approximate surface area is 66.9 Å². The Balaban J connectivity index is 3.51. The first-order chi connectivity index (χ1) is 5.35. The molecule has 4 heteroatoms. The molecule has 66 valence electrons. The number of nitrogens with two attached hydrogens (primary N) is 1. The van der Waals surface area contributed by atoms with Gasteiger partial charge in [-0.2, -0.15) is 0 Å². The van der Waals surface area contributed by atoms with Crippen molar-refractivity contribution in [3.8, 4) is 0 Å². The Hall–Kier alpha value is -0.740.